The Hall–Kier alpha value is -1.90. The topological polar surface area (TPSA) is 43.4 Å². The highest BCUT2D eigenvalue weighted by Gasteiger charge is 2.44. The summed E-state index contributed by atoms with van der Waals surface area (Å²) in [4.78, 5) is 24.5. The number of hydrogen-bond acceptors (Lipinski definition) is 3. The van der Waals surface area contributed by atoms with Crippen LogP contribution in [0.1, 0.15) is 25.7 Å². The minimum absolute atomic E-state index is 0.0869. The standard InChI is InChI=1S/C16H22O3/c1-5-9-10-14(17)16(11-6-2,12-7-3)15(18)19-13-8-4/h5-8H,1-4,9-13H2. The van der Waals surface area contributed by atoms with Gasteiger partial charge >= 0.3 is 5.97 Å². The SMILES string of the molecule is C=CCCC(=O)C(CC=C)(CC=C)C(=O)OCC=C. The van der Waals surface area contributed by atoms with Crippen LogP contribution in [0.5, 0.6) is 0 Å². The maximum Gasteiger partial charge on any atom is 0.320 e. The van der Waals surface area contributed by atoms with Crippen molar-refractivity contribution < 1.29 is 14.3 Å². The van der Waals surface area contributed by atoms with Gasteiger partial charge in [0, 0.05) is 6.42 Å². The first-order valence-electron chi connectivity index (χ1n) is 6.23. The van der Waals surface area contributed by atoms with Gasteiger partial charge in [-0.2, -0.15) is 0 Å². The van der Waals surface area contributed by atoms with Gasteiger partial charge in [0.15, 0.2) is 5.78 Å². The summed E-state index contributed by atoms with van der Waals surface area (Å²) in [5.74, 6) is -0.706. The van der Waals surface area contributed by atoms with Crippen molar-refractivity contribution in [3.63, 3.8) is 0 Å². The van der Waals surface area contributed by atoms with E-state index in [4.69, 9.17) is 4.74 Å². The van der Waals surface area contributed by atoms with Gasteiger partial charge in [-0.05, 0) is 19.3 Å². The number of carbonyl (C=O) groups is 2. The van der Waals surface area contributed by atoms with Gasteiger partial charge in [0.25, 0.3) is 0 Å². The first kappa shape index (κ1) is 17.1. The Kier molecular flexibility index (Phi) is 8.18. The number of allylic oxidation sites excluding steroid dienone is 3. The molecule has 19 heavy (non-hydrogen) atoms. The molecule has 0 aliphatic heterocycles. The number of ketones is 1. The summed E-state index contributed by atoms with van der Waals surface area (Å²) in [6.07, 6.45) is 7.52. The Bertz CT molecular complexity index is 330. The van der Waals surface area contributed by atoms with Gasteiger partial charge in [-0.1, -0.05) is 30.9 Å². The Morgan fingerprint density at radius 1 is 0.947 bits per heavy atom. The molecule has 0 radical (unpaired) electrons. The molecule has 0 aliphatic carbocycles. The zero-order valence-corrected chi connectivity index (χ0v) is 11.4. The molecule has 3 nitrogen and oxygen atoms in total. The molecule has 0 saturated carbocycles. The van der Waals surface area contributed by atoms with Gasteiger partial charge in [-0.3, -0.25) is 9.59 Å². The van der Waals surface area contributed by atoms with Crippen LogP contribution in [0.3, 0.4) is 0 Å². The Morgan fingerprint density at radius 2 is 1.53 bits per heavy atom. The first-order valence-corrected chi connectivity index (χ1v) is 6.23. The molecule has 0 amide bonds. The molecule has 0 N–H and O–H groups in total. The second-order valence-corrected chi connectivity index (χ2v) is 4.21. The maximum absolute atomic E-state index is 12.3. The van der Waals surface area contributed by atoms with Crippen LogP contribution in [0.25, 0.3) is 0 Å². The molecule has 0 bridgehead atoms. The summed E-state index contributed by atoms with van der Waals surface area (Å²) < 4.78 is 5.06. The van der Waals surface area contributed by atoms with E-state index in [-0.39, 0.29) is 31.7 Å². The first-order chi connectivity index (χ1) is 9.08. The Morgan fingerprint density at radius 3 is 1.95 bits per heavy atom. The molecule has 0 rings (SSSR count). The summed E-state index contributed by atoms with van der Waals surface area (Å²) in [7, 11) is 0. The summed E-state index contributed by atoms with van der Waals surface area (Å²) in [5, 5.41) is 0. The third-order valence-electron chi connectivity index (χ3n) is 2.82. The van der Waals surface area contributed by atoms with Gasteiger partial charge in [-0.25, -0.2) is 0 Å². The van der Waals surface area contributed by atoms with E-state index in [1.54, 1.807) is 18.2 Å². The van der Waals surface area contributed by atoms with E-state index in [1.807, 2.05) is 0 Å². The van der Waals surface area contributed by atoms with Crippen LogP contribution in [0, 0.1) is 5.41 Å². The summed E-state index contributed by atoms with van der Waals surface area (Å²) >= 11 is 0. The van der Waals surface area contributed by atoms with E-state index >= 15 is 0 Å². The molecule has 0 heterocycles. The van der Waals surface area contributed by atoms with E-state index in [2.05, 4.69) is 26.3 Å². The van der Waals surface area contributed by atoms with Crippen LogP contribution < -0.4 is 0 Å². The summed E-state index contributed by atoms with van der Waals surface area (Å²) in [5.41, 5.74) is -1.21. The molecule has 3 heteroatoms. The molecule has 0 saturated heterocycles. The van der Waals surface area contributed by atoms with Crippen LogP contribution in [0.2, 0.25) is 0 Å². The average molecular weight is 262 g/mol. The molecule has 0 spiro atoms. The van der Waals surface area contributed by atoms with Crippen LogP contribution in [-0.4, -0.2) is 18.4 Å². The van der Waals surface area contributed by atoms with E-state index in [9.17, 15) is 9.59 Å². The van der Waals surface area contributed by atoms with Crippen molar-refractivity contribution in [2.24, 2.45) is 5.41 Å². The van der Waals surface area contributed by atoms with Gasteiger partial charge in [0.2, 0.25) is 0 Å². The monoisotopic (exact) mass is 262 g/mol. The quantitative estimate of drug-likeness (QED) is 0.326. The molecule has 0 fully saturated rings. The maximum atomic E-state index is 12.3. The highest BCUT2D eigenvalue weighted by atomic mass is 16.5. The van der Waals surface area contributed by atoms with E-state index in [0.717, 1.165) is 0 Å². The van der Waals surface area contributed by atoms with Crippen molar-refractivity contribution >= 4 is 11.8 Å². The third kappa shape index (κ3) is 4.70. The number of rotatable bonds is 11. The number of Topliss-reactive ketones (excluding diaryl/α,β-unsaturated/α-hetero) is 1. The predicted octanol–water partition coefficient (Wildman–Crippen LogP) is 3.39. The lowest BCUT2D eigenvalue weighted by molar-refractivity contribution is -0.159. The molecule has 0 aromatic heterocycles. The number of esters is 1. The van der Waals surface area contributed by atoms with Gasteiger partial charge in [0.1, 0.15) is 12.0 Å². The second-order valence-electron chi connectivity index (χ2n) is 4.21. The van der Waals surface area contributed by atoms with Crippen LogP contribution in [0.4, 0.5) is 0 Å². The van der Waals surface area contributed by atoms with Crippen molar-refractivity contribution in [2.45, 2.75) is 25.7 Å². The molecule has 104 valence electrons. The van der Waals surface area contributed by atoms with Crippen LogP contribution >= 0.6 is 0 Å². The second kappa shape index (κ2) is 9.09. The van der Waals surface area contributed by atoms with Crippen LogP contribution in [-0.2, 0) is 14.3 Å². The van der Waals surface area contributed by atoms with Crippen molar-refractivity contribution in [1.29, 1.82) is 0 Å². The van der Waals surface area contributed by atoms with Crippen molar-refractivity contribution in [2.75, 3.05) is 6.61 Å². The normalized spacial score (nSPS) is 10.3. The van der Waals surface area contributed by atoms with Gasteiger partial charge in [0.05, 0.1) is 0 Å². The number of carbonyl (C=O) groups excluding carboxylic acids is 2. The largest absolute Gasteiger partial charge is 0.461 e. The fourth-order valence-corrected chi connectivity index (χ4v) is 1.83. The van der Waals surface area contributed by atoms with Crippen molar-refractivity contribution in [3.8, 4) is 0 Å². The number of hydrogen-bond donors (Lipinski definition) is 0. The highest BCUT2D eigenvalue weighted by Crippen LogP contribution is 2.32. The minimum atomic E-state index is -1.21. The zero-order valence-electron chi connectivity index (χ0n) is 11.4. The lowest BCUT2D eigenvalue weighted by Crippen LogP contribution is -2.40. The van der Waals surface area contributed by atoms with Crippen molar-refractivity contribution in [1.82, 2.24) is 0 Å². The fourth-order valence-electron chi connectivity index (χ4n) is 1.83. The lowest BCUT2D eigenvalue weighted by Gasteiger charge is -2.27. The minimum Gasteiger partial charge on any atom is -0.461 e. The summed E-state index contributed by atoms with van der Waals surface area (Å²) in [6, 6.07) is 0. The number of ether oxygens (including phenoxy) is 1. The van der Waals surface area contributed by atoms with E-state index < -0.39 is 11.4 Å². The molecule has 0 aliphatic rings. The summed E-state index contributed by atoms with van der Waals surface area (Å²) in [6.45, 7) is 14.4. The Balaban J connectivity index is 5.24. The highest BCUT2D eigenvalue weighted by molar-refractivity contribution is 6.04. The lowest BCUT2D eigenvalue weighted by atomic mass is 9.75. The predicted molar refractivity (Wildman–Crippen MR) is 77.7 cm³/mol. The van der Waals surface area contributed by atoms with Crippen LogP contribution in [0.15, 0.2) is 50.6 Å². The van der Waals surface area contributed by atoms with Gasteiger partial charge in [-0.15, -0.1) is 19.7 Å². The molecular formula is C16H22O3. The smallest absolute Gasteiger partial charge is 0.320 e. The van der Waals surface area contributed by atoms with E-state index in [1.165, 1.54) is 6.08 Å². The molecule has 0 aromatic rings. The fraction of sp³-hybridized carbons (Fsp3) is 0.375. The Labute approximate surface area is 115 Å². The average Bonchev–Trinajstić information content (AvgIpc) is 2.41. The zero-order chi connectivity index (χ0) is 14.7. The van der Waals surface area contributed by atoms with Gasteiger partial charge < -0.3 is 4.74 Å². The molecule has 0 atom stereocenters. The van der Waals surface area contributed by atoms with Crippen molar-refractivity contribution in [3.05, 3.63) is 50.6 Å². The third-order valence-corrected chi connectivity index (χ3v) is 2.82. The molecule has 0 unspecified atom stereocenters. The van der Waals surface area contributed by atoms with E-state index in [0.29, 0.717) is 6.42 Å². The molecular weight excluding hydrogens is 240 g/mol. The molecule has 0 aromatic carbocycles.